The van der Waals surface area contributed by atoms with Gasteiger partial charge in [0.2, 0.25) is 0 Å². The van der Waals surface area contributed by atoms with Crippen molar-refractivity contribution in [3.63, 3.8) is 0 Å². The Morgan fingerprint density at radius 2 is 1.81 bits per heavy atom. The second-order valence-electron chi connectivity index (χ2n) is 7.41. The third-order valence-corrected chi connectivity index (χ3v) is 5.33. The van der Waals surface area contributed by atoms with Gasteiger partial charge in [-0.15, -0.1) is 0 Å². The van der Waals surface area contributed by atoms with Crippen LogP contribution in [0.3, 0.4) is 0 Å². The van der Waals surface area contributed by atoms with Crippen molar-refractivity contribution in [3.8, 4) is 39.7 Å². The number of hydrogen-bond acceptors (Lipinski definition) is 5. The summed E-state index contributed by atoms with van der Waals surface area (Å²) in [6.07, 6.45) is 4.71. The number of aromatic nitrogens is 6. The van der Waals surface area contributed by atoms with Crippen LogP contribution < -0.4 is 0 Å². The lowest BCUT2D eigenvalue weighted by Gasteiger charge is -2.02. The van der Waals surface area contributed by atoms with E-state index in [-0.39, 0.29) is 11.6 Å². The Labute approximate surface area is 180 Å². The third kappa shape index (κ3) is 2.97. The van der Waals surface area contributed by atoms with Crippen molar-refractivity contribution in [3.05, 3.63) is 79.0 Å². The smallest absolute Gasteiger partial charge is 0.135 e. The molecule has 5 heterocycles. The zero-order valence-electron chi connectivity index (χ0n) is 16.5. The minimum atomic E-state index is -0.312. The van der Waals surface area contributed by atoms with Crippen LogP contribution in [-0.4, -0.2) is 35.2 Å². The maximum absolute atomic E-state index is 13.8. The molecule has 0 bridgehead atoms. The van der Waals surface area contributed by atoms with E-state index in [0.717, 1.165) is 22.1 Å². The largest absolute Gasteiger partial charge is 0.506 e. The van der Waals surface area contributed by atoms with Crippen molar-refractivity contribution in [1.82, 2.24) is 30.1 Å². The summed E-state index contributed by atoms with van der Waals surface area (Å²) in [5.41, 5.74) is 6.48. The summed E-state index contributed by atoms with van der Waals surface area (Å²) in [5.74, 6) is -0.238. The fourth-order valence-electron chi connectivity index (χ4n) is 3.86. The van der Waals surface area contributed by atoms with E-state index in [1.165, 1.54) is 18.3 Å². The number of aromatic amines is 2. The van der Waals surface area contributed by atoms with E-state index in [9.17, 15) is 9.50 Å². The van der Waals surface area contributed by atoms with Gasteiger partial charge in [-0.05, 0) is 42.5 Å². The van der Waals surface area contributed by atoms with Gasteiger partial charge in [-0.3, -0.25) is 15.1 Å². The number of benzene rings is 1. The topological polar surface area (TPSA) is 103 Å². The van der Waals surface area contributed by atoms with Gasteiger partial charge in [0.25, 0.3) is 0 Å². The van der Waals surface area contributed by atoms with Crippen LogP contribution in [0.4, 0.5) is 4.39 Å². The van der Waals surface area contributed by atoms with Crippen molar-refractivity contribution in [2.75, 3.05) is 0 Å². The number of H-pyrrole nitrogens is 2. The molecule has 0 aliphatic heterocycles. The van der Waals surface area contributed by atoms with Crippen molar-refractivity contribution >= 4 is 21.9 Å². The van der Waals surface area contributed by atoms with Gasteiger partial charge in [-0.1, -0.05) is 12.1 Å². The van der Waals surface area contributed by atoms with Gasteiger partial charge in [0.15, 0.2) is 0 Å². The van der Waals surface area contributed by atoms with Crippen LogP contribution in [0, 0.1) is 5.82 Å². The summed E-state index contributed by atoms with van der Waals surface area (Å²) >= 11 is 0. The molecule has 0 amide bonds. The molecule has 5 aromatic heterocycles. The van der Waals surface area contributed by atoms with E-state index in [1.54, 1.807) is 24.5 Å². The van der Waals surface area contributed by atoms with Gasteiger partial charge in [-0.2, -0.15) is 5.10 Å². The lowest BCUT2D eigenvalue weighted by atomic mass is 10.1. The summed E-state index contributed by atoms with van der Waals surface area (Å²) in [6.45, 7) is 0. The Kier molecular flexibility index (Phi) is 3.97. The minimum Gasteiger partial charge on any atom is -0.506 e. The second-order valence-corrected chi connectivity index (χ2v) is 7.41. The van der Waals surface area contributed by atoms with E-state index in [4.69, 9.17) is 4.98 Å². The fraction of sp³-hybridized carbons (Fsp3) is 0. The van der Waals surface area contributed by atoms with Crippen LogP contribution >= 0.6 is 0 Å². The average molecular weight is 422 g/mol. The highest BCUT2D eigenvalue weighted by Gasteiger charge is 2.16. The first-order chi connectivity index (χ1) is 15.7. The van der Waals surface area contributed by atoms with E-state index in [0.29, 0.717) is 33.7 Å². The summed E-state index contributed by atoms with van der Waals surface area (Å²) in [4.78, 5) is 16.6. The van der Waals surface area contributed by atoms with Gasteiger partial charge in [0.1, 0.15) is 22.8 Å². The molecule has 0 spiro atoms. The first kappa shape index (κ1) is 18.2. The number of nitrogens with one attached hydrogen (secondary N) is 2. The number of halogens is 1. The lowest BCUT2D eigenvalue weighted by molar-refractivity contribution is 0.473. The number of rotatable bonds is 3. The molecule has 0 radical (unpaired) electrons. The number of hydrogen-bond donors (Lipinski definition) is 3. The molecule has 8 heteroatoms. The number of fused-ring (bicyclic) bond motifs is 2. The molecule has 1 aromatic carbocycles. The Morgan fingerprint density at radius 1 is 0.875 bits per heavy atom. The molecule has 7 nitrogen and oxygen atoms in total. The molecule has 0 fully saturated rings. The number of aromatic hydroxyl groups is 1. The number of pyridine rings is 3. The van der Waals surface area contributed by atoms with Gasteiger partial charge < -0.3 is 10.1 Å². The van der Waals surface area contributed by atoms with Crippen LogP contribution in [0.2, 0.25) is 0 Å². The molecule has 6 rings (SSSR count). The lowest BCUT2D eigenvalue weighted by Crippen LogP contribution is -1.86. The Hall–Kier alpha value is -4.59. The molecule has 0 aliphatic rings. The Balaban J connectivity index is 1.51. The van der Waals surface area contributed by atoms with Crippen molar-refractivity contribution < 1.29 is 9.50 Å². The van der Waals surface area contributed by atoms with Crippen LogP contribution in [-0.2, 0) is 0 Å². The number of nitrogens with zero attached hydrogens (tertiary/aromatic N) is 4. The van der Waals surface area contributed by atoms with Crippen molar-refractivity contribution in [1.29, 1.82) is 0 Å². The molecule has 154 valence electrons. The summed E-state index contributed by atoms with van der Waals surface area (Å²) in [7, 11) is 0. The van der Waals surface area contributed by atoms with E-state index < -0.39 is 0 Å². The Bertz CT molecular complexity index is 1620. The van der Waals surface area contributed by atoms with Gasteiger partial charge in [-0.25, -0.2) is 9.37 Å². The van der Waals surface area contributed by atoms with Gasteiger partial charge >= 0.3 is 0 Å². The van der Waals surface area contributed by atoms with Gasteiger partial charge in [0, 0.05) is 34.4 Å². The average Bonchev–Trinajstić information content (AvgIpc) is 3.42. The molecular formula is C24H15FN6O. The van der Waals surface area contributed by atoms with Gasteiger partial charge in [0.05, 0.1) is 28.8 Å². The predicted octanol–water partition coefficient (Wildman–Crippen LogP) is 5.07. The summed E-state index contributed by atoms with van der Waals surface area (Å²) in [5, 5.41) is 18.1. The standard InChI is InChI=1S/C24H15FN6O/c25-15-3-1-2-13(8-15)22-17-10-21(28-19(17)6-7-27-22)24-23-20(30-31-24)5-4-18(29-23)14-9-16(32)12-26-11-14/h1-12,28,32H,(H,30,31). The molecule has 3 N–H and O–H groups in total. The normalized spacial score (nSPS) is 11.4. The summed E-state index contributed by atoms with van der Waals surface area (Å²) < 4.78 is 13.8. The van der Waals surface area contributed by atoms with E-state index in [2.05, 4.69) is 25.1 Å². The van der Waals surface area contributed by atoms with E-state index in [1.807, 2.05) is 30.3 Å². The van der Waals surface area contributed by atoms with E-state index >= 15 is 0 Å². The second kappa shape index (κ2) is 6.98. The zero-order chi connectivity index (χ0) is 21.7. The van der Waals surface area contributed by atoms with Crippen LogP contribution in [0.15, 0.2) is 73.2 Å². The SMILES string of the molecule is Oc1cncc(-c2ccc3[nH]nc(-c4cc5c(-c6cccc(F)c6)nccc5[nH]4)c3n2)c1. The molecule has 0 aliphatic carbocycles. The highest BCUT2D eigenvalue weighted by molar-refractivity contribution is 5.99. The maximum Gasteiger partial charge on any atom is 0.135 e. The zero-order valence-corrected chi connectivity index (χ0v) is 16.5. The van der Waals surface area contributed by atoms with Crippen LogP contribution in [0.25, 0.3) is 55.8 Å². The van der Waals surface area contributed by atoms with Crippen molar-refractivity contribution in [2.24, 2.45) is 0 Å². The highest BCUT2D eigenvalue weighted by atomic mass is 19.1. The molecule has 0 atom stereocenters. The van der Waals surface area contributed by atoms with Crippen molar-refractivity contribution in [2.45, 2.75) is 0 Å². The fourth-order valence-corrected chi connectivity index (χ4v) is 3.86. The molecule has 0 saturated heterocycles. The monoisotopic (exact) mass is 422 g/mol. The predicted molar refractivity (Wildman–Crippen MR) is 119 cm³/mol. The summed E-state index contributed by atoms with van der Waals surface area (Å²) in [6, 6.07) is 15.5. The first-order valence-electron chi connectivity index (χ1n) is 9.89. The molecule has 6 aromatic rings. The molecular weight excluding hydrogens is 407 g/mol. The third-order valence-electron chi connectivity index (χ3n) is 5.33. The highest BCUT2D eigenvalue weighted by Crippen LogP contribution is 2.33. The molecule has 0 saturated carbocycles. The van der Waals surface area contributed by atoms with Crippen LogP contribution in [0.5, 0.6) is 5.75 Å². The van der Waals surface area contributed by atoms with Crippen LogP contribution in [0.1, 0.15) is 0 Å². The first-order valence-corrected chi connectivity index (χ1v) is 9.89. The molecule has 0 unspecified atom stereocenters. The Morgan fingerprint density at radius 3 is 2.69 bits per heavy atom. The molecule has 32 heavy (non-hydrogen) atoms. The maximum atomic E-state index is 13.8. The quantitative estimate of drug-likeness (QED) is 0.369. The minimum absolute atomic E-state index is 0.0739.